The number of aryl methyl sites for hydroxylation is 1. The number of esters is 1. The Labute approximate surface area is 263 Å². The van der Waals surface area contributed by atoms with Crippen LogP contribution in [0.3, 0.4) is 0 Å². The van der Waals surface area contributed by atoms with Crippen molar-refractivity contribution in [2.75, 3.05) is 38.3 Å². The third-order valence-electron chi connectivity index (χ3n) is 7.65. The number of carbonyl (C=O) groups excluding carboxylic acids is 1. The smallest absolute Gasteiger partial charge is 0.355 e. The second-order valence-corrected chi connectivity index (χ2v) is 19.7. The van der Waals surface area contributed by atoms with Gasteiger partial charge in [-0.15, -0.1) is 10.2 Å². The normalized spacial score (nSPS) is 18.4. The minimum Gasteiger partial charge on any atom is -0.461 e. The lowest BCUT2D eigenvalue weighted by Gasteiger charge is -2.41. The van der Waals surface area contributed by atoms with Crippen LogP contribution in [0.5, 0.6) is 0 Å². The van der Waals surface area contributed by atoms with E-state index in [-0.39, 0.29) is 17.5 Å². The van der Waals surface area contributed by atoms with Crippen molar-refractivity contribution in [3.63, 3.8) is 0 Å². The standard InChI is InChI=1S/C30H43N7O3S2Si/c1-7-40-28(38)24-19-41-30(37(24)22-12-14-31-15-13-22)35(3)26-18-21(2)27(34-33-26)32-29-36(20-39-16-17-43(4,5)6)23-10-8-9-11-25(23)42-29/h8-11,18-19,22,30-31H,7,12-17,20H2,1-6H3. The molecule has 1 fully saturated rings. The number of aromatic nitrogens is 3. The van der Waals surface area contributed by atoms with Gasteiger partial charge >= 0.3 is 5.97 Å². The first-order chi connectivity index (χ1) is 20.7. The van der Waals surface area contributed by atoms with Gasteiger partial charge in [0.1, 0.15) is 12.4 Å². The molecule has 10 nitrogen and oxygen atoms in total. The number of para-hydroxylation sites is 1. The van der Waals surface area contributed by atoms with Gasteiger partial charge in [0.2, 0.25) is 0 Å². The van der Waals surface area contributed by atoms with E-state index in [9.17, 15) is 4.79 Å². The number of nitrogens with one attached hydrogen (secondary N) is 1. The molecular formula is C30H43N7O3S2Si. The molecule has 1 atom stereocenters. The molecule has 4 heterocycles. The van der Waals surface area contributed by atoms with Gasteiger partial charge in [0.25, 0.3) is 0 Å². The van der Waals surface area contributed by atoms with E-state index >= 15 is 0 Å². The summed E-state index contributed by atoms with van der Waals surface area (Å²) in [6.07, 6.45) is 1.92. The summed E-state index contributed by atoms with van der Waals surface area (Å²) in [5.41, 5.74) is 2.52. The van der Waals surface area contributed by atoms with Crippen LogP contribution in [-0.4, -0.2) is 78.6 Å². The first-order valence-electron chi connectivity index (χ1n) is 15.0. The maximum Gasteiger partial charge on any atom is 0.355 e. The number of piperidine rings is 1. The summed E-state index contributed by atoms with van der Waals surface area (Å²) in [5, 5.41) is 14.5. The van der Waals surface area contributed by atoms with E-state index in [0.29, 0.717) is 24.9 Å². The summed E-state index contributed by atoms with van der Waals surface area (Å²) in [7, 11) is 0.827. The zero-order chi connectivity index (χ0) is 30.6. The molecule has 43 heavy (non-hydrogen) atoms. The third-order valence-corrected chi connectivity index (χ3v) is 11.6. The average molecular weight is 642 g/mol. The largest absolute Gasteiger partial charge is 0.461 e. The molecule has 0 radical (unpaired) electrons. The Morgan fingerprint density at radius 3 is 2.70 bits per heavy atom. The van der Waals surface area contributed by atoms with Gasteiger partial charge in [0.05, 0.1) is 16.8 Å². The number of rotatable bonds is 11. The highest BCUT2D eigenvalue weighted by Gasteiger charge is 2.39. The van der Waals surface area contributed by atoms with Gasteiger partial charge in [0, 0.05) is 33.2 Å². The molecule has 2 aliphatic rings. The summed E-state index contributed by atoms with van der Waals surface area (Å²) >= 11 is 3.23. The van der Waals surface area contributed by atoms with E-state index in [4.69, 9.17) is 14.5 Å². The first kappa shape index (κ1) is 31.7. The van der Waals surface area contributed by atoms with Gasteiger partial charge in [-0.1, -0.05) is 54.9 Å². The van der Waals surface area contributed by atoms with Gasteiger partial charge in [-0.25, -0.2) is 4.79 Å². The molecule has 1 aromatic carbocycles. The molecule has 3 aromatic rings. The topological polar surface area (TPSA) is 97.1 Å². The summed E-state index contributed by atoms with van der Waals surface area (Å²) in [6, 6.07) is 11.7. The lowest BCUT2D eigenvalue weighted by molar-refractivity contribution is -0.140. The highest BCUT2D eigenvalue weighted by Crippen LogP contribution is 2.38. The second-order valence-electron chi connectivity index (χ2n) is 12.1. The van der Waals surface area contributed by atoms with Crippen molar-refractivity contribution in [3.8, 4) is 0 Å². The van der Waals surface area contributed by atoms with Crippen molar-refractivity contribution in [1.82, 2.24) is 25.0 Å². The highest BCUT2D eigenvalue weighted by molar-refractivity contribution is 8.03. The van der Waals surface area contributed by atoms with Crippen LogP contribution < -0.4 is 15.0 Å². The second kappa shape index (κ2) is 13.9. The number of hydrogen-bond donors (Lipinski definition) is 1. The van der Waals surface area contributed by atoms with Crippen LogP contribution in [0.2, 0.25) is 25.7 Å². The van der Waals surface area contributed by atoms with Crippen LogP contribution in [0.15, 0.2) is 46.4 Å². The van der Waals surface area contributed by atoms with E-state index in [1.54, 1.807) is 23.1 Å². The molecule has 13 heteroatoms. The Morgan fingerprint density at radius 2 is 1.98 bits per heavy atom. The number of anilines is 1. The quantitative estimate of drug-likeness (QED) is 0.171. The first-order valence-corrected chi connectivity index (χ1v) is 20.4. The van der Waals surface area contributed by atoms with Crippen molar-refractivity contribution in [1.29, 1.82) is 0 Å². The van der Waals surface area contributed by atoms with E-state index in [1.165, 1.54) is 0 Å². The predicted molar refractivity (Wildman–Crippen MR) is 178 cm³/mol. The van der Waals surface area contributed by atoms with E-state index in [0.717, 1.165) is 65.0 Å². The number of hydrogen-bond acceptors (Lipinski definition) is 11. The zero-order valence-electron chi connectivity index (χ0n) is 26.0. The average Bonchev–Trinajstić information content (AvgIpc) is 3.58. The molecular weight excluding hydrogens is 599 g/mol. The number of benzene rings is 1. The molecule has 0 amide bonds. The van der Waals surface area contributed by atoms with Crippen LogP contribution in [0.1, 0.15) is 25.3 Å². The maximum atomic E-state index is 12.9. The summed E-state index contributed by atoms with van der Waals surface area (Å²) in [4.78, 5) is 23.0. The number of ether oxygens (including phenoxy) is 2. The van der Waals surface area contributed by atoms with Gasteiger partial charge in [-0.2, -0.15) is 4.99 Å². The maximum absolute atomic E-state index is 12.9. The Hall–Kier alpha value is -2.71. The number of thiazole rings is 1. The Balaban J connectivity index is 1.39. The van der Waals surface area contributed by atoms with Crippen LogP contribution >= 0.6 is 23.1 Å². The molecule has 0 spiro atoms. The number of nitrogens with zero attached hydrogens (tertiary/aromatic N) is 6. The fraction of sp³-hybridized carbons (Fsp3) is 0.533. The van der Waals surface area contributed by atoms with Crippen molar-refractivity contribution >= 4 is 59.0 Å². The minimum absolute atomic E-state index is 0.128. The third kappa shape index (κ3) is 7.51. The summed E-state index contributed by atoms with van der Waals surface area (Å²) in [6.45, 7) is 14.3. The number of fused-ring (bicyclic) bond motifs is 1. The van der Waals surface area contributed by atoms with Crippen molar-refractivity contribution in [2.24, 2.45) is 4.99 Å². The van der Waals surface area contributed by atoms with E-state index in [2.05, 4.69) is 61.7 Å². The molecule has 2 aliphatic heterocycles. The number of thioether (sulfide) groups is 1. The molecule has 0 aliphatic carbocycles. The predicted octanol–water partition coefficient (Wildman–Crippen LogP) is 5.27. The van der Waals surface area contributed by atoms with E-state index < -0.39 is 8.07 Å². The molecule has 1 unspecified atom stereocenters. The lowest BCUT2D eigenvalue weighted by atomic mass is 10.0. The van der Waals surface area contributed by atoms with E-state index in [1.807, 2.05) is 44.5 Å². The van der Waals surface area contributed by atoms with Crippen LogP contribution in [0.25, 0.3) is 10.2 Å². The lowest BCUT2D eigenvalue weighted by Crippen LogP contribution is -2.51. The molecule has 1 N–H and O–H groups in total. The van der Waals surface area contributed by atoms with Crippen LogP contribution in [-0.2, 0) is 21.0 Å². The molecule has 0 saturated carbocycles. The van der Waals surface area contributed by atoms with Gasteiger partial charge in [-0.05, 0) is 69.6 Å². The molecule has 232 valence electrons. The summed E-state index contributed by atoms with van der Waals surface area (Å²) in [5.74, 6) is 1.03. The van der Waals surface area contributed by atoms with Crippen LogP contribution in [0, 0.1) is 6.92 Å². The van der Waals surface area contributed by atoms with Crippen LogP contribution in [0.4, 0.5) is 11.6 Å². The Kier molecular flexibility index (Phi) is 10.3. The monoisotopic (exact) mass is 641 g/mol. The van der Waals surface area contributed by atoms with Gasteiger partial charge in [0.15, 0.2) is 21.9 Å². The SMILES string of the molecule is CCOC(=O)C1=CSC(N(C)c2cc(C)c(N=c3sc4ccccc4n3COCC[Si](C)(C)C)nn2)N1C1CCNCC1. The number of carbonyl (C=O) groups is 1. The highest BCUT2D eigenvalue weighted by atomic mass is 32.2. The zero-order valence-corrected chi connectivity index (χ0v) is 28.6. The van der Waals surface area contributed by atoms with Crippen molar-refractivity contribution in [3.05, 3.63) is 51.8 Å². The van der Waals surface area contributed by atoms with Gasteiger partial charge in [-0.3, -0.25) is 4.57 Å². The van der Waals surface area contributed by atoms with Gasteiger partial charge < -0.3 is 24.6 Å². The van der Waals surface area contributed by atoms with Crippen molar-refractivity contribution in [2.45, 2.75) is 70.6 Å². The Morgan fingerprint density at radius 1 is 1.21 bits per heavy atom. The molecule has 2 aromatic heterocycles. The molecule has 5 rings (SSSR count). The summed E-state index contributed by atoms with van der Waals surface area (Å²) < 4.78 is 14.8. The minimum atomic E-state index is -1.18. The fourth-order valence-electron chi connectivity index (χ4n) is 5.19. The molecule has 1 saturated heterocycles. The fourth-order valence-corrected chi connectivity index (χ4v) is 8.14. The molecule has 0 bridgehead atoms. The van der Waals surface area contributed by atoms with Crippen molar-refractivity contribution < 1.29 is 14.3 Å². The Bertz CT molecular complexity index is 1530.